The zero-order valence-corrected chi connectivity index (χ0v) is 10.3. The van der Waals surface area contributed by atoms with Crippen molar-refractivity contribution in [1.29, 1.82) is 0 Å². The van der Waals surface area contributed by atoms with Crippen LogP contribution in [0.5, 0.6) is 0 Å². The fourth-order valence-electron chi connectivity index (χ4n) is 1.26. The largest absolute Gasteiger partial charge is 0.329 e. The monoisotopic (exact) mass is 243 g/mol. The van der Waals surface area contributed by atoms with Crippen LogP contribution in [0, 0.1) is 0 Å². The van der Waals surface area contributed by atoms with Crippen molar-refractivity contribution >= 4 is 10.0 Å². The van der Waals surface area contributed by atoms with Gasteiger partial charge < -0.3 is 5.73 Å². The molecule has 0 saturated heterocycles. The van der Waals surface area contributed by atoms with Gasteiger partial charge in [-0.25, -0.2) is 12.7 Å². The fraction of sp³-hybridized carbons (Fsp3) is 0.500. The van der Waals surface area contributed by atoms with E-state index in [-0.39, 0.29) is 6.54 Å². The van der Waals surface area contributed by atoms with Gasteiger partial charge in [0.25, 0.3) is 0 Å². The van der Waals surface area contributed by atoms with E-state index in [1.165, 1.54) is 4.31 Å². The summed E-state index contributed by atoms with van der Waals surface area (Å²) in [7, 11) is -1.74. The van der Waals surface area contributed by atoms with Crippen LogP contribution in [-0.4, -0.2) is 36.5 Å². The molecule has 0 aliphatic heterocycles. The number of hydrogen-bond donors (Lipinski definition) is 1. The van der Waals surface area contributed by atoms with E-state index in [2.05, 4.69) is 4.98 Å². The zero-order chi connectivity index (χ0) is 12.2. The molecule has 2 N–H and O–H groups in total. The number of rotatable bonds is 5. The van der Waals surface area contributed by atoms with E-state index in [1.54, 1.807) is 38.5 Å². The van der Waals surface area contributed by atoms with Crippen molar-refractivity contribution in [1.82, 2.24) is 9.29 Å². The van der Waals surface area contributed by atoms with Crippen LogP contribution in [0.15, 0.2) is 24.5 Å². The van der Waals surface area contributed by atoms with Crippen LogP contribution in [0.25, 0.3) is 0 Å². The van der Waals surface area contributed by atoms with Crippen molar-refractivity contribution in [3.63, 3.8) is 0 Å². The normalized spacial score (nSPS) is 14.0. The number of sulfonamides is 1. The molecule has 1 unspecified atom stereocenters. The molecule has 6 heteroatoms. The van der Waals surface area contributed by atoms with E-state index in [1.807, 2.05) is 0 Å². The lowest BCUT2D eigenvalue weighted by atomic mass is 10.3. The molecular formula is C10H17N3O2S. The summed E-state index contributed by atoms with van der Waals surface area (Å²) in [5, 5.41) is -0.556. The summed E-state index contributed by atoms with van der Waals surface area (Å²) in [6.45, 7) is 2.08. The molecule has 1 aromatic rings. The fourth-order valence-corrected chi connectivity index (χ4v) is 2.45. The second-order valence-corrected chi connectivity index (χ2v) is 6.16. The van der Waals surface area contributed by atoms with Crippen LogP contribution in [0.1, 0.15) is 12.5 Å². The molecule has 0 aromatic carbocycles. The highest BCUT2D eigenvalue weighted by Crippen LogP contribution is 2.10. The first-order valence-electron chi connectivity index (χ1n) is 5.02. The number of pyridine rings is 1. The van der Waals surface area contributed by atoms with E-state index in [4.69, 9.17) is 5.73 Å². The van der Waals surface area contributed by atoms with Gasteiger partial charge in [0.2, 0.25) is 10.0 Å². The Morgan fingerprint density at radius 1 is 1.44 bits per heavy atom. The van der Waals surface area contributed by atoms with Gasteiger partial charge in [-0.15, -0.1) is 0 Å². The van der Waals surface area contributed by atoms with Crippen molar-refractivity contribution < 1.29 is 8.42 Å². The Morgan fingerprint density at radius 2 is 2.00 bits per heavy atom. The summed E-state index contributed by atoms with van der Waals surface area (Å²) < 4.78 is 25.1. The average molecular weight is 243 g/mol. The van der Waals surface area contributed by atoms with Crippen LogP contribution >= 0.6 is 0 Å². The van der Waals surface area contributed by atoms with Gasteiger partial charge >= 0.3 is 0 Å². The lowest BCUT2D eigenvalue weighted by Gasteiger charge is -2.20. The van der Waals surface area contributed by atoms with E-state index >= 15 is 0 Å². The molecule has 90 valence electrons. The van der Waals surface area contributed by atoms with Gasteiger partial charge in [0.05, 0.1) is 5.25 Å². The Balaban J connectivity index is 2.77. The van der Waals surface area contributed by atoms with Gasteiger partial charge in [-0.05, 0) is 24.6 Å². The Bertz CT molecular complexity index is 419. The highest BCUT2D eigenvalue weighted by molar-refractivity contribution is 7.89. The molecule has 1 aromatic heterocycles. The predicted octanol–water partition coefficient (Wildman–Crippen LogP) is 0.190. The summed E-state index contributed by atoms with van der Waals surface area (Å²) in [5.74, 6) is 0. The van der Waals surface area contributed by atoms with Gasteiger partial charge in [-0.1, -0.05) is 0 Å². The average Bonchev–Trinajstić information content (AvgIpc) is 2.29. The summed E-state index contributed by atoms with van der Waals surface area (Å²) >= 11 is 0. The third-order valence-electron chi connectivity index (χ3n) is 2.43. The second-order valence-electron chi connectivity index (χ2n) is 3.70. The van der Waals surface area contributed by atoms with Crippen LogP contribution in [0.4, 0.5) is 0 Å². The number of hydrogen-bond acceptors (Lipinski definition) is 4. The Labute approximate surface area is 96.3 Å². The maximum atomic E-state index is 11.9. The van der Waals surface area contributed by atoms with Crippen molar-refractivity contribution in [2.24, 2.45) is 5.73 Å². The van der Waals surface area contributed by atoms with E-state index in [0.29, 0.717) is 6.54 Å². The molecule has 0 bridgehead atoms. The van der Waals surface area contributed by atoms with E-state index < -0.39 is 15.3 Å². The van der Waals surface area contributed by atoms with Crippen molar-refractivity contribution in [2.75, 3.05) is 13.6 Å². The molecule has 16 heavy (non-hydrogen) atoms. The Hall–Kier alpha value is -0.980. The van der Waals surface area contributed by atoms with Crippen LogP contribution in [0.3, 0.4) is 0 Å². The van der Waals surface area contributed by atoms with E-state index in [9.17, 15) is 8.42 Å². The lowest BCUT2D eigenvalue weighted by Crippen LogP contribution is -2.38. The third-order valence-corrected chi connectivity index (χ3v) is 4.64. The van der Waals surface area contributed by atoms with Gasteiger partial charge in [-0.2, -0.15) is 0 Å². The number of nitrogens with zero attached hydrogens (tertiary/aromatic N) is 2. The van der Waals surface area contributed by atoms with Gasteiger partial charge in [0, 0.05) is 32.5 Å². The van der Waals surface area contributed by atoms with Crippen LogP contribution in [0.2, 0.25) is 0 Å². The van der Waals surface area contributed by atoms with Crippen molar-refractivity contribution in [3.8, 4) is 0 Å². The predicted molar refractivity (Wildman–Crippen MR) is 63.1 cm³/mol. The first-order chi connectivity index (χ1) is 7.48. The molecule has 5 nitrogen and oxygen atoms in total. The standard InChI is InChI=1S/C10H17N3O2S/c1-9(7-11)16(14,15)13(2)8-10-3-5-12-6-4-10/h3-6,9H,7-8,11H2,1-2H3. The molecule has 0 saturated carbocycles. The maximum Gasteiger partial charge on any atom is 0.218 e. The SMILES string of the molecule is CC(CN)S(=O)(=O)N(C)Cc1ccncc1. The van der Waals surface area contributed by atoms with Crippen molar-refractivity contribution in [2.45, 2.75) is 18.7 Å². The minimum absolute atomic E-state index is 0.128. The minimum atomic E-state index is -3.30. The number of nitrogens with two attached hydrogens (primary N) is 1. The highest BCUT2D eigenvalue weighted by Gasteiger charge is 2.24. The van der Waals surface area contributed by atoms with Crippen molar-refractivity contribution in [3.05, 3.63) is 30.1 Å². The maximum absolute atomic E-state index is 11.9. The first kappa shape index (κ1) is 13.1. The summed E-state index contributed by atoms with van der Waals surface area (Å²) in [4.78, 5) is 3.88. The molecular weight excluding hydrogens is 226 g/mol. The zero-order valence-electron chi connectivity index (χ0n) is 9.50. The highest BCUT2D eigenvalue weighted by atomic mass is 32.2. The lowest BCUT2D eigenvalue weighted by molar-refractivity contribution is 0.457. The summed E-state index contributed by atoms with van der Waals surface area (Å²) in [5.41, 5.74) is 6.28. The number of aromatic nitrogens is 1. The molecule has 0 aliphatic carbocycles. The molecule has 0 radical (unpaired) electrons. The molecule has 0 spiro atoms. The summed E-state index contributed by atoms with van der Waals surface area (Å²) in [6.07, 6.45) is 3.28. The molecule has 1 rings (SSSR count). The molecule has 0 amide bonds. The van der Waals surface area contributed by atoms with E-state index in [0.717, 1.165) is 5.56 Å². The van der Waals surface area contributed by atoms with Crippen LogP contribution < -0.4 is 5.73 Å². The Morgan fingerprint density at radius 3 is 2.50 bits per heavy atom. The van der Waals surface area contributed by atoms with Gasteiger partial charge in [0.15, 0.2) is 0 Å². The molecule has 0 aliphatic rings. The Kier molecular flexibility index (Phi) is 4.40. The summed E-state index contributed by atoms with van der Waals surface area (Å²) in [6, 6.07) is 3.58. The van der Waals surface area contributed by atoms with Gasteiger partial charge in [-0.3, -0.25) is 4.98 Å². The van der Waals surface area contributed by atoms with Crippen LogP contribution in [-0.2, 0) is 16.6 Å². The topological polar surface area (TPSA) is 76.3 Å². The smallest absolute Gasteiger partial charge is 0.218 e. The molecule has 0 fully saturated rings. The second kappa shape index (κ2) is 5.38. The van der Waals surface area contributed by atoms with Gasteiger partial charge in [0.1, 0.15) is 0 Å². The molecule has 1 atom stereocenters. The quantitative estimate of drug-likeness (QED) is 0.801. The first-order valence-corrected chi connectivity index (χ1v) is 6.53. The third kappa shape index (κ3) is 3.01. The minimum Gasteiger partial charge on any atom is -0.329 e. The molecule has 1 heterocycles.